The summed E-state index contributed by atoms with van der Waals surface area (Å²) in [5.41, 5.74) is 0.234. The second-order valence-corrected chi connectivity index (χ2v) is 5.68. The monoisotopic (exact) mass is 228 g/mol. The molecule has 3 nitrogen and oxygen atoms in total. The predicted octanol–water partition coefficient (Wildman–Crippen LogP) is 1.73. The van der Waals surface area contributed by atoms with Gasteiger partial charge in [0.15, 0.2) is 0 Å². The van der Waals surface area contributed by atoms with Gasteiger partial charge in [-0.25, -0.2) is 0 Å². The molecule has 1 rings (SSSR count). The summed E-state index contributed by atoms with van der Waals surface area (Å²) < 4.78 is 5.21. The van der Waals surface area contributed by atoms with E-state index in [2.05, 4.69) is 37.9 Å². The Bertz CT molecular complexity index is 206. The Morgan fingerprint density at radius 1 is 1.50 bits per heavy atom. The lowest BCUT2D eigenvalue weighted by Crippen LogP contribution is -2.63. The summed E-state index contributed by atoms with van der Waals surface area (Å²) >= 11 is 0. The maximum absolute atomic E-state index is 5.21. The molecule has 2 atom stereocenters. The number of nitrogens with zero attached hydrogens (tertiary/aromatic N) is 1. The number of ether oxygens (including phenoxy) is 1. The van der Waals surface area contributed by atoms with Gasteiger partial charge in [-0.1, -0.05) is 20.3 Å². The fourth-order valence-electron chi connectivity index (χ4n) is 2.48. The molecule has 2 unspecified atom stereocenters. The van der Waals surface area contributed by atoms with Crippen LogP contribution in [0.5, 0.6) is 0 Å². The van der Waals surface area contributed by atoms with E-state index in [1.807, 2.05) is 0 Å². The van der Waals surface area contributed by atoms with Gasteiger partial charge in [0.1, 0.15) is 0 Å². The van der Waals surface area contributed by atoms with Crippen molar-refractivity contribution in [1.82, 2.24) is 10.2 Å². The van der Waals surface area contributed by atoms with Crippen LogP contribution < -0.4 is 5.32 Å². The molecule has 1 heterocycles. The van der Waals surface area contributed by atoms with Gasteiger partial charge in [0, 0.05) is 38.3 Å². The molecule has 0 spiro atoms. The van der Waals surface area contributed by atoms with Crippen molar-refractivity contribution < 1.29 is 4.74 Å². The molecule has 1 aliphatic heterocycles. The van der Waals surface area contributed by atoms with Crippen molar-refractivity contribution in [3.05, 3.63) is 0 Å². The standard InChI is InChI=1S/C13H28N2O/c1-6-11(2)12-9-14-13(3,4)10-15(12)7-8-16-5/h11-12,14H,6-10H2,1-5H3. The van der Waals surface area contributed by atoms with E-state index >= 15 is 0 Å². The molecule has 0 aromatic carbocycles. The van der Waals surface area contributed by atoms with Crippen LogP contribution in [0.15, 0.2) is 0 Å². The largest absolute Gasteiger partial charge is 0.383 e. The average Bonchev–Trinajstić information content (AvgIpc) is 2.24. The minimum absolute atomic E-state index is 0.234. The van der Waals surface area contributed by atoms with Crippen LogP contribution in [0.2, 0.25) is 0 Å². The fraction of sp³-hybridized carbons (Fsp3) is 1.00. The third-order valence-corrected chi connectivity index (χ3v) is 3.74. The summed E-state index contributed by atoms with van der Waals surface area (Å²) in [5, 5.41) is 3.65. The first-order valence-corrected chi connectivity index (χ1v) is 6.48. The SMILES string of the molecule is CCC(C)C1CNC(C)(C)CN1CCOC. The molecule has 0 aromatic heterocycles. The molecule has 1 fully saturated rings. The number of rotatable bonds is 5. The molecule has 0 aromatic rings. The topological polar surface area (TPSA) is 24.5 Å². The van der Waals surface area contributed by atoms with Gasteiger partial charge in [-0.05, 0) is 19.8 Å². The first kappa shape index (κ1) is 13.9. The molecule has 1 saturated heterocycles. The summed E-state index contributed by atoms with van der Waals surface area (Å²) in [7, 11) is 1.78. The van der Waals surface area contributed by atoms with Crippen molar-refractivity contribution in [1.29, 1.82) is 0 Å². The van der Waals surface area contributed by atoms with Crippen molar-refractivity contribution >= 4 is 0 Å². The van der Waals surface area contributed by atoms with Crippen molar-refractivity contribution in [2.24, 2.45) is 5.92 Å². The Labute approximate surface area is 101 Å². The van der Waals surface area contributed by atoms with Crippen molar-refractivity contribution in [2.45, 2.75) is 45.7 Å². The quantitative estimate of drug-likeness (QED) is 0.775. The molecular formula is C13H28N2O. The Kier molecular flexibility index (Phi) is 5.22. The van der Waals surface area contributed by atoms with E-state index in [0.29, 0.717) is 6.04 Å². The first-order chi connectivity index (χ1) is 7.50. The Hall–Kier alpha value is -0.120. The van der Waals surface area contributed by atoms with Crippen LogP contribution in [0.25, 0.3) is 0 Å². The molecule has 0 amide bonds. The minimum atomic E-state index is 0.234. The molecule has 0 aliphatic carbocycles. The van der Waals surface area contributed by atoms with Crippen LogP contribution in [0, 0.1) is 5.92 Å². The first-order valence-electron chi connectivity index (χ1n) is 6.48. The highest BCUT2D eigenvalue weighted by Crippen LogP contribution is 2.21. The van der Waals surface area contributed by atoms with Crippen molar-refractivity contribution in [3.8, 4) is 0 Å². The highest BCUT2D eigenvalue weighted by atomic mass is 16.5. The lowest BCUT2D eigenvalue weighted by Gasteiger charge is -2.46. The number of hydrogen-bond donors (Lipinski definition) is 1. The van der Waals surface area contributed by atoms with E-state index in [1.54, 1.807) is 7.11 Å². The van der Waals surface area contributed by atoms with Crippen LogP contribution in [-0.2, 0) is 4.74 Å². The molecule has 96 valence electrons. The van der Waals surface area contributed by atoms with Crippen molar-refractivity contribution in [3.63, 3.8) is 0 Å². The van der Waals surface area contributed by atoms with Gasteiger partial charge in [-0.15, -0.1) is 0 Å². The van der Waals surface area contributed by atoms with E-state index in [-0.39, 0.29) is 5.54 Å². The number of piperazine rings is 1. The summed E-state index contributed by atoms with van der Waals surface area (Å²) in [6.45, 7) is 13.3. The lowest BCUT2D eigenvalue weighted by molar-refractivity contribution is 0.0407. The fourth-order valence-corrected chi connectivity index (χ4v) is 2.48. The zero-order valence-corrected chi connectivity index (χ0v) is 11.5. The molecular weight excluding hydrogens is 200 g/mol. The third-order valence-electron chi connectivity index (χ3n) is 3.74. The van der Waals surface area contributed by atoms with E-state index in [1.165, 1.54) is 6.42 Å². The minimum Gasteiger partial charge on any atom is -0.383 e. The van der Waals surface area contributed by atoms with E-state index in [0.717, 1.165) is 32.2 Å². The van der Waals surface area contributed by atoms with E-state index < -0.39 is 0 Å². The maximum Gasteiger partial charge on any atom is 0.0589 e. The van der Waals surface area contributed by atoms with Gasteiger partial charge in [-0.3, -0.25) is 4.90 Å². The van der Waals surface area contributed by atoms with Crippen LogP contribution in [0.3, 0.4) is 0 Å². The zero-order chi connectivity index (χ0) is 12.2. The predicted molar refractivity (Wildman–Crippen MR) is 68.8 cm³/mol. The van der Waals surface area contributed by atoms with E-state index in [4.69, 9.17) is 4.74 Å². The molecule has 1 N–H and O–H groups in total. The van der Waals surface area contributed by atoms with E-state index in [9.17, 15) is 0 Å². The molecule has 0 radical (unpaired) electrons. The summed E-state index contributed by atoms with van der Waals surface area (Å²) in [4.78, 5) is 2.59. The van der Waals surface area contributed by atoms with Crippen LogP contribution >= 0.6 is 0 Å². The van der Waals surface area contributed by atoms with Crippen LogP contribution in [0.4, 0.5) is 0 Å². The molecule has 3 heteroatoms. The van der Waals surface area contributed by atoms with Crippen LogP contribution in [0.1, 0.15) is 34.1 Å². The molecule has 1 aliphatic rings. The average molecular weight is 228 g/mol. The Morgan fingerprint density at radius 3 is 2.75 bits per heavy atom. The van der Waals surface area contributed by atoms with Crippen molar-refractivity contribution in [2.75, 3.05) is 33.4 Å². The number of hydrogen-bond acceptors (Lipinski definition) is 3. The molecule has 0 saturated carbocycles. The van der Waals surface area contributed by atoms with Gasteiger partial charge in [-0.2, -0.15) is 0 Å². The third kappa shape index (κ3) is 3.72. The highest BCUT2D eigenvalue weighted by molar-refractivity contribution is 4.93. The smallest absolute Gasteiger partial charge is 0.0589 e. The summed E-state index contributed by atoms with van der Waals surface area (Å²) in [6.07, 6.45) is 1.25. The number of methoxy groups -OCH3 is 1. The van der Waals surface area contributed by atoms with Gasteiger partial charge in [0.25, 0.3) is 0 Å². The highest BCUT2D eigenvalue weighted by Gasteiger charge is 2.34. The Balaban J connectivity index is 2.60. The van der Waals surface area contributed by atoms with Gasteiger partial charge in [0.05, 0.1) is 6.61 Å². The summed E-state index contributed by atoms with van der Waals surface area (Å²) in [5.74, 6) is 0.750. The van der Waals surface area contributed by atoms with Gasteiger partial charge < -0.3 is 10.1 Å². The normalized spacial score (nSPS) is 27.9. The molecule has 0 bridgehead atoms. The Morgan fingerprint density at radius 2 is 2.19 bits per heavy atom. The molecule has 16 heavy (non-hydrogen) atoms. The summed E-state index contributed by atoms with van der Waals surface area (Å²) in [6, 6.07) is 0.660. The lowest BCUT2D eigenvalue weighted by atomic mass is 9.91. The second kappa shape index (κ2) is 5.99. The van der Waals surface area contributed by atoms with Gasteiger partial charge in [0.2, 0.25) is 0 Å². The number of nitrogens with one attached hydrogen (secondary N) is 1. The zero-order valence-electron chi connectivity index (χ0n) is 11.5. The maximum atomic E-state index is 5.21. The van der Waals surface area contributed by atoms with Gasteiger partial charge >= 0.3 is 0 Å². The second-order valence-electron chi connectivity index (χ2n) is 5.68. The van der Waals surface area contributed by atoms with Crippen LogP contribution in [-0.4, -0.2) is 49.8 Å².